The SMILES string of the molecule is CC(CNC[C@@H]1CCNC1=O)C[C@H](NC(=O)OC1CCC1)[C@H](C)O. The summed E-state index contributed by atoms with van der Waals surface area (Å²) in [5.41, 5.74) is 0. The van der Waals surface area contributed by atoms with Gasteiger partial charge in [-0.15, -0.1) is 0 Å². The van der Waals surface area contributed by atoms with Crippen LogP contribution in [0.2, 0.25) is 0 Å². The lowest BCUT2D eigenvalue weighted by Crippen LogP contribution is -2.45. The van der Waals surface area contributed by atoms with Gasteiger partial charge in [0.05, 0.1) is 18.1 Å². The molecule has 1 saturated heterocycles. The number of amides is 2. The third-order valence-corrected chi connectivity index (χ3v) is 4.91. The first kappa shape index (κ1) is 19.0. The molecule has 0 bridgehead atoms. The van der Waals surface area contributed by atoms with Crippen LogP contribution in [0.15, 0.2) is 0 Å². The van der Waals surface area contributed by atoms with E-state index in [1.54, 1.807) is 6.92 Å². The summed E-state index contributed by atoms with van der Waals surface area (Å²) in [5, 5.41) is 18.8. The van der Waals surface area contributed by atoms with Crippen LogP contribution >= 0.6 is 0 Å². The van der Waals surface area contributed by atoms with Crippen molar-refractivity contribution in [2.45, 2.75) is 64.2 Å². The second-order valence-corrected chi connectivity index (χ2v) is 7.23. The Bertz CT molecular complexity index is 426. The molecule has 1 aliphatic heterocycles. The second kappa shape index (κ2) is 9.22. The molecule has 2 aliphatic rings. The van der Waals surface area contributed by atoms with E-state index in [0.29, 0.717) is 13.0 Å². The number of aliphatic hydroxyl groups is 1. The molecule has 2 rings (SSSR count). The largest absolute Gasteiger partial charge is 0.446 e. The minimum absolute atomic E-state index is 0.0382. The molecular weight excluding hydrogens is 310 g/mol. The summed E-state index contributed by atoms with van der Waals surface area (Å²) in [5.74, 6) is 0.441. The fourth-order valence-electron chi connectivity index (χ4n) is 3.06. The van der Waals surface area contributed by atoms with Gasteiger partial charge in [-0.05, 0) is 51.5 Å². The highest BCUT2D eigenvalue weighted by Gasteiger charge is 2.26. The van der Waals surface area contributed by atoms with E-state index in [1.165, 1.54) is 0 Å². The van der Waals surface area contributed by atoms with Gasteiger partial charge in [0, 0.05) is 13.1 Å². The van der Waals surface area contributed by atoms with E-state index in [-0.39, 0.29) is 29.9 Å². The number of nitrogens with one attached hydrogen (secondary N) is 3. The Morgan fingerprint density at radius 2 is 2.12 bits per heavy atom. The molecule has 2 amide bonds. The molecule has 0 spiro atoms. The highest BCUT2D eigenvalue weighted by Crippen LogP contribution is 2.22. The van der Waals surface area contributed by atoms with Crippen molar-refractivity contribution < 1.29 is 19.4 Å². The minimum atomic E-state index is -0.637. The van der Waals surface area contributed by atoms with Gasteiger partial charge in [-0.25, -0.2) is 4.79 Å². The first-order valence-corrected chi connectivity index (χ1v) is 9.09. The number of carbonyl (C=O) groups excluding carboxylic acids is 2. The molecule has 0 aromatic heterocycles. The maximum absolute atomic E-state index is 11.9. The fraction of sp³-hybridized carbons (Fsp3) is 0.882. The number of ether oxygens (including phenoxy) is 1. The van der Waals surface area contributed by atoms with Crippen LogP contribution in [-0.2, 0) is 9.53 Å². The van der Waals surface area contributed by atoms with Crippen molar-refractivity contribution in [1.29, 1.82) is 0 Å². The smallest absolute Gasteiger partial charge is 0.407 e. The Labute approximate surface area is 143 Å². The van der Waals surface area contributed by atoms with Crippen LogP contribution in [0.1, 0.15) is 46.0 Å². The molecule has 1 aliphatic carbocycles. The van der Waals surface area contributed by atoms with Crippen LogP contribution in [-0.4, -0.2) is 55.0 Å². The lowest BCUT2D eigenvalue weighted by Gasteiger charge is -2.28. The van der Waals surface area contributed by atoms with Crippen molar-refractivity contribution in [3.63, 3.8) is 0 Å². The van der Waals surface area contributed by atoms with Gasteiger partial charge in [-0.3, -0.25) is 4.79 Å². The van der Waals surface area contributed by atoms with Crippen LogP contribution in [0.5, 0.6) is 0 Å². The number of rotatable bonds is 9. The summed E-state index contributed by atoms with van der Waals surface area (Å²) in [6.07, 6.45) is 3.47. The highest BCUT2D eigenvalue weighted by atomic mass is 16.6. The van der Waals surface area contributed by atoms with E-state index in [4.69, 9.17) is 4.74 Å². The molecule has 4 atom stereocenters. The van der Waals surface area contributed by atoms with Crippen LogP contribution in [0.4, 0.5) is 4.79 Å². The van der Waals surface area contributed by atoms with Gasteiger partial charge >= 0.3 is 6.09 Å². The van der Waals surface area contributed by atoms with Crippen molar-refractivity contribution in [3.8, 4) is 0 Å². The van der Waals surface area contributed by atoms with E-state index in [9.17, 15) is 14.7 Å². The molecule has 0 aromatic rings. The molecule has 24 heavy (non-hydrogen) atoms. The molecule has 1 unspecified atom stereocenters. The van der Waals surface area contributed by atoms with E-state index in [0.717, 1.165) is 38.8 Å². The summed E-state index contributed by atoms with van der Waals surface area (Å²) in [6.45, 7) is 5.92. The maximum Gasteiger partial charge on any atom is 0.407 e. The Kier molecular flexibility index (Phi) is 7.30. The standard InChI is InChI=1S/C17H31N3O4/c1-11(9-18-10-13-6-7-19-16(13)22)8-15(12(2)21)20-17(23)24-14-4-3-5-14/h11-15,18,21H,3-10H2,1-2H3,(H,19,22)(H,20,23)/t11?,12-,13-,15-/m0/s1. The molecule has 2 fully saturated rings. The highest BCUT2D eigenvalue weighted by molar-refractivity contribution is 5.80. The molecule has 4 N–H and O–H groups in total. The molecule has 1 saturated carbocycles. The van der Waals surface area contributed by atoms with E-state index < -0.39 is 12.2 Å². The fourth-order valence-corrected chi connectivity index (χ4v) is 3.06. The normalized spacial score (nSPS) is 24.6. The van der Waals surface area contributed by atoms with Crippen molar-refractivity contribution >= 4 is 12.0 Å². The molecule has 0 radical (unpaired) electrons. The predicted octanol–water partition coefficient (Wildman–Crippen LogP) is 0.766. The zero-order valence-electron chi connectivity index (χ0n) is 14.7. The second-order valence-electron chi connectivity index (χ2n) is 7.23. The average molecular weight is 341 g/mol. The van der Waals surface area contributed by atoms with Crippen molar-refractivity contribution in [2.24, 2.45) is 11.8 Å². The first-order valence-electron chi connectivity index (χ1n) is 9.09. The average Bonchev–Trinajstić information content (AvgIpc) is 2.88. The number of hydrogen-bond donors (Lipinski definition) is 4. The third kappa shape index (κ3) is 5.94. The van der Waals surface area contributed by atoms with Crippen LogP contribution in [0, 0.1) is 11.8 Å². The zero-order chi connectivity index (χ0) is 17.5. The number of hydrogen-bond acceptors (Lipinski definition) is 5. The van der Waals surface area contributed by atoms with Crippen molar-refractivity contribution in [1.82, 2.24) is 16.0 Å². The van der Waals surface area contributed by atoms with Crippen molar-refractivity contribution in [3.05, 3.63) is 0 Å². The molecule has 7 nitrogen and oxygen atoms in total. The van der Waals surface area contributed by atoms with E-state index in [2.05, 4.69) is 22.9 Å². The van der Waals surface area contributed by atoms with Gasteiger partial charge in [0.15, 0.2) is 0 Å². The predicted molar refractivity (Wildman–Crippen MR) is 90.5 cm³/mol. The van der Waals surface area contributed by atoms with Gasteiger partial charge in [0.1, 0.15) is 6.10 Å². The minimum Gasteiger partial charge on any atom is -0.446 e. The number of aliphatic hydroxyl groups excluding tert-OH is 1. The summed E-state index contributed by atoms with van der Waals surface area (Å²) in [6, 6.07) is -0.329. The number of alkyl carbamates (subject to hydrolysis) is 1. The summed E-state index contributed by atoms with van der Waals surface area (Å²) >= 11 is 0. The van der Waals surface area contributed by atoms with Gasteiger partial charge < -0.3 is 25.8 Å². The monoisotopic (exact) mass is 341 g/mol. The Balaban J connectivity index is 1.66. The van der Waals surface area contributed by atoms with Crippen LogP contribution < -0.4 is 16.0 Å². The molecular formula is C17H31N3O4. The molecule has 138 valence electrons. The van der Waals surface area contributed by atoms with Gasteiger partial charge in [-0.1, -0.05) is 6.92 Å². The summed E-state index contributed by atoms with van der Waals surface area (Å²) in [4.78, 5) is 23.4. The van der Waals surface area contributed by atoms with Gasteiger partial charge in [0.25, 0.3) is 0 Å². The maximum atomic E-state index is 11.9. The van der Waals surface area contributed by atoms with Crippen molar-refractivity contribution in [2.75, 3.05) is 19.6 Å². The Hall–Kier alpha value is -1.34. The Morgan fingerprint density at radius 1 is 1.38 bits per heavy atom. The zero-order valence-corrected chi connectivity index (χ0v) is 14.7. The molecule has 0 aromatic carbocycles. The van der Waals surface area contributed by atoms with E-state index >= 15 is 0 Å². The number of carbonyl (C=O) groups is 2. The van der Waals surface area contributed by atoms with Crippen LogP contribution in [0.3, 0.4) is 0 Å². The lowest BCUT2D eigenvalue weighted by molar-refractivity contribution is -0.122. The lowest BCUT2D eigenvalue weighted by atomic mass is 9.96. The summed E-state index contributed by atoms with van der Waals surface area (Å²) < 4.78 is 5.29. The Morgan fingerprint density at radius 3 is 2.67 bits per heavy atom. The quantitative estimate of drug-likeness (QED) is 0.496. The van der Waals surface area contributed by atoms with Crippen LogP contribution in [0.25, 0.3) is 0 Å². The van der Waals surface area contributed by atoms with E-state index in [1.807, 2.05) is 0 Å². The summed E-state index contributed by atoms with van der Waals surface area (Å²) in [7, 11) is 0. The molecule has 7 heteroatoms. The third-order valence-electron chi connectivity index (χ3n) is 4.91. The van der Waals surface area contributed by atoms with Gasteiger partial charge in [0.2, 0.25) is 5.91 Å². The topological polar surface area (TPSA) is 99.7 Å². The first-order chi connectivity index (χ1) is 11.5. The van der Waals surface area contributed by atoms with Gasteiger partial charge in [-0.2, -0.15) is 0 Å². The molecule has 1 heterocycles.